The van der Waals surface area contributed by atoms with Crippen molar-refractivity contribution in [3.8, 4) is 5.75 Å². The first-order valence-corrected chi connectivity index (χ1v) is 11.4. The predicted molar refractivity (Wildman–Crippen MR) is 117 cm³/mol. The van der Waals surface area contributed by atoms with Crippen LogP contribution in [0.4, 0.5) is 0 Å². The number of rotatable bonds is 5. The molecule has 30 heavy (non-hydrogen) atoms. The molecule has 164 valence electrons. The Morgan fingerprint density at radius 2 is 2.07 bits per heavy atom. The number of benzene rings is 1. The van der Waals surface area contributed by atoms with Crippen LogP contribution in [-0.2, 0) is 4.79 Å². The van der Waals surface area contributed by atoms with E-state index in [0.717, 1.165) is 32.4 Å². The molecule has 3 aliphatic heterocycles. The molecule has 3 fully saturated rings. The average molecular weight is 434 g/mol. The van der Waals surface area contributed by atoms with Gasteiger partial charge in [0.1, 0.15) is 5.75 Å². The second-order valence-corrected chi connectivity index (χ2v) is 9.52. The summed E-state index contributed by atoms with van der Waals surface area (Å²) >= 11 is 6.04. The van der Waals surface area contributed by atoms with Crippen molar-refractivity contribution in [1.82, 2.24) is 15.1 Å². The van der Waals surface area contributed by atoms with Crippen molar-refractivity contribution < 1.29 is 14.3 Å². The van der Waals surface area contributed by atoms with Crippen molar-refractivity contribution in [2.75, 3.05) is 33.3 Å². The Labute approximate surface area is 183 Å². The molecule has 2 amide bonds. The third kappa shape index (κ3) is 3.69. The number of carbonyl (C=O) groups excluding carboxylic acids is 2. The summed E-state index contributed by atoms with van der Waals surface area (Å²) in [7, 11) is 1.55. The highest BCUT2D eigenvalue weighted by atomic mass is 35.5. The molecule has 3 atom stereocenters. The molecule has 3 aliphatic rings. The van der Waals surface area contributed by atoms with E-state index in [-0.39, 0.29) is 23.3 Å². The molecule has 0 aliphatic carbocycles. The molecule has 6 nitrogen and oxygen atoms in total. The minimum Gasteiger partial charge on any atom is -0.496 e. The first-order valence-electron chi connectivity index (χ1n) is 11.1. The monoisotopic (exact) mass is 433 g/mol. The van der Waals surface area contributed by atoms with Crippen molar-refractivity contribution >= 4 is 23.4 Å². The van der Waals surface area contributed by atoms with Gasteiger partial charge in [-0.1, -0.05) is 24.9 Å². The molecule has 0 radical (unpaired) electrons. The average Bonchev–Trinajstić information content (AvgIpc) is 3.29. The van der Waals surface area contributed by atoms with Crippen LogP contribution in [0.1, 0.15) is 49.9 Å². The van der Waals surface area contributed by atoms with Crippen LogP contribution in [0.5, 0.6) is 5.75 Å². The lowest BCUT2D eigenvalue weighted by Crippen LogP contribution is -2.56. The van der Waals surface area contributed by atoms with Gasteiger partial charge < -0.3 is 15.0 Å². The van der Waals surface area contributed by atoms with Gasteiger partial charge in [0.2, 0.25) is 5.91 Å². The van der Waals surface area contributed by atoms with Crippen LogP contribution in [-0.4, -0.2) is 66.5 Å². The fourth-order valence-electron chi connectivity index (χ4n) is 5.67. The number of carbonyl (C=O) groups is 2. The molecular formula is C23H32ClN3O3. The number of hydrogen-bond donors (Lipinski definition) is 1. The van der Waals surface area contributed by atoms with E-state index in [1.807, 2.05) is 4.90 Å². The minimum absolute atomic E-state index is 0.0381. The summed E-state index contributed by atoms with van der Waals surface area (Å²) in [6, 6.07) is 5.64. The highest BCUT2D eigenvalue weighted by Crippen LogP contribution is 2.45. The van der Waals surface area contributed by atoms with Crippen LogP contribution in [0, 0.1) is 11.8 Å². The van der Waals surface area contributed by atoms with Gasteiger partial charge in [0.05, 0.1) is 18.6 Å². The molecule has 7 heteroatoms. The van der Waals surface area contributed by atoms with Gasteiger partial charge in [0.25, 0.3) is 5.91 Å². The third-order valence-electron chi connectivity index (χ3n) is 7.43. The molecule has 0 saturated carbocycles. The summed E-state index contributed by atoms with van der Waals surface area (Å²) in [6.07, 6.45) is 3.93. The van der Waals surface area contributed by atoms with Crippen LogP contribution < -0.4 is 10.1 Å². The fourth-order valence-corrected chi connectivity index (χ4v) is 5.83. The Morgan fingerprint density at radius 1 is 1.33 bits per heavy atom. The Hall–Kier alpha value is -1.79. The van der Waals surface area contributed by atoms with Crippen molar-refractivity contribution in [1.29, 1.82) is 0 Å². The lowest BCUT2D eigenvalue weighted by molar-refractivity contribution is -0.123. The molecule has 4 rings (SSSR count). The van der Waals surface area contributed by atoms with E-state index in [1.165, 1.54) is 6.42 Å². The van der Waals surface area contributed by atoms with E-state index in [2.05, 4.69) is 24.1 Å². The van der Waals surface area contributed by atoms with Crippen molar-refractivity contribution in [3.05, 3.63) is 28.8 Å². The summed E-state index contributed by atoms with van der Waals surface area (Å²) < 4.78 is 5.36. The largest absolute Gasteiger partial charge is 0.496 e. The number of piperidine rings is 1. The number of nitrogens with zero attached hydrogens (tertiary/aromatic N) is 2. The van der Waals surface area contributed by atoms with Gasteiger partial charge in [-0.25, -0.2) is 0 Å². The summed E-state index contributed by atoms with van der Waals surface area (Å²) in [5.74, 6) is 1.09. The van der Waals surface area contributed by atoms with Crippen LogP contribution in [0.3, 0.4) is 0 Å². The zero-order valence-corrected chi connectivity index (χ0v) is 18.9. The van der Waals surface area contributed by atoms with E-state index in [1.54, 1.807) is 25.3 Å². The molecule has 0 bridgehead atoms. The van der Waals surface area contributed by atoms with Crippen molar-refractivity contribution in [3.63, 3.8) is 0 Å². The molecule has 1 N–H and O–H groups in total. The molecule has 0 unspecified atom stereocenters. The van der Waals surface area contributed by atoms with Gasteiger partial charge in [-0.3, -0.25) is 14.5 Å². The van der Waals surface area contributed by atoms with Gasteiger partial charge in [-0.2, -0.15) is 0 Å². The normalized spacial score (nSPS) is 26.5. The highest BCUT2D eigenvalue weighted by molar-refractivity contribution is 6.30. The lowest BCUT2D eigenvalue weighted by atomic mass is 9.75. The Balaban J connectivity index is 1.45. The Bertz CT molecular complexity index is 822. The van der Waals surface area contributed by atoms with Crippen LogP contribution in [0.15, 0.2) is 18.2 Å². The second-order valence-electron chi connectivity index (χ2n) is 9.09. The maximum Gasteiger partial charge on any atom is 0.257 e. The highest BCUT2D eigenvalue weighted by Gasteiger charge is 2.57. The van der Waals surface area contributed by atoms with Crippen LogP contribution in [0.2, 0.25) is 5.02 Å². The van der Waals surface area contributed by atoms with Crippen LogP contribution in [0.25, 0.3) is 0 Å². The molecule has 1 aromatic rings. The summed E-state index contributed by atoms with van der Waals surface area (Å²) in [5, 5.41) is 3.89. The molecule has 1 aromatic carbocycles. The molecular weight excluding hydrogens is 402 g/mol. The topological polar surface area (TPSA) is 61.9 Å². The smallest absolute Gasteiger partial charge is 0.257 e. The minimum atomic E-state index is -0.177. The zero-order chi connectivity index (χ0) is 21.5. The van der Waals surface area contributed by atoms with E-state index in [4.69, 9.17) is 16.3 Å². The number of fused-ring (bicyclic) bond motifs is 2. The number of nitrogens with one attached hydrogen (secondary N) is 1. The number of ether oxygens (including phenoxy) is 1. The quantitative estimate of drug-likeness (QED) is 0.774. The molecule has 3 saturated heterocycles. The maximum atomic E-state index is 13.1. The first kappa shape index (κ1) is 21.4. The molecule has 0 aromatic heterocycles. The van der Waals surface area contributed by atoms with Gasteiger partial charge >= 0.3 is 0 Å². The number of amides is 2. The fraction of sp³-hybridized carbons (Fsp3) is 0.652. The van der Waals surface area contributed by atoms with Gasteiger partial charge in [-0.15, -0.1) is 0 Å². The standard InChI is InChI=1S/C23H32ClN3O3/c1-4-5-15(2)27-13-18-19(14-27)23(25-21(18)28)8-10-26(11-9-23)22(29)17-7-6-16(24)12-20(17)30-3/h6-7,12,15,18-19H,4-5,8-11,13-14H2,1-3H3,(H,25,28)/t15-,18-,19+/m1/s1. The van der Waals surface area contributed by atoms with E-state index >= 15 is 0 Å². The summed E-state index contributed by atoms with van der Waals surface area (Å²) in [6.45, 7) is 7.60. The predicted octanol–water partition coefficient (Wildman–Crippen LogP) is 3.19. The summed E-state index contributed by atoms with van der Waals surface area (Å²) in [5.41, 5.74) is 0.357. The van der Waals surface area contributed by atoms with Crippen LogP contribution >= 0.6 is 11.6 Å². The Kier molecular flexibility index (Phi) is 5.99. The molecule has 1 spiro atoms. The number of methoxy groups -OCH3 is 1. The first-order chi connectivity index (χ1) is 14.4. The zero-order valence-electron chi connectivity index (χ0n) is 18.1. The SMILES string of the molecule is CCC[C@@H](C)N1C[C@H]2C(=O)NC3(CCN(C(=O)c4ccc(Cl)cc4OC)CC3)[C@H]2C1. The third-order valence-corrected chi connectivity index (χ3v) is 7.67. The van der Waals surface area contributed by atoms with Crippen molar-refractivity contribution in [2.24, 2.45) is 11.8 Å². The molecule has 3 heterocycles. The Morgan fingerprint density at radius 3 is 2.73 bits per heavy atom. The van der Waals surface area contributed by atoms with Gasteiger partial charge in [0.15, 0.2) is 0 Å². The van der Waals surface area contributed by atoms with E-state index in [9.17, 15) is 9.59 Å². The van der Waals surface area contributed by atoms with Gasteiger partial charge in [-0.05, 0) is 44.4 Å². The number of likely N-dealkylation sites (tertiary alicyclic amines) is 2. The lowest BCUT2D eigenvalue weighted by Gasteiger charge is -2.43. The summed E-state index contributed by atoms with van der Waals surface area (Å²) in [4.78, 5) is 30.2. The maximum absolute atomic E-state index is 13.1. The van der Waals surface area contributed by atoms with Gasteiger partial charge in [0, 0.05) is 48.7 Å². The van der Waals surface area contributed by atoms with Crippen molar-refractivity contribution in [2.45, 2.75) is 51.1 Å². The van der Waals surface area contributed by atoms with E-state index < -0.39 is 0 Å². The second kappa shape index (κ2) is 8.39. The number of hydrogen-bond acceptors (Lipinski definition) is 4. The number of halogens is 1. The van der Waals surface area contributed by atoms with E-state index in [0.29, 0.717) is 41.4 Å².